The number of aromatic nitrogens is 1. The topological polar surface area (TPSA) is 72.8 Å². The third kappa shape index (κ3) is 7.12. The molecule has 1 N–H and O–H groups in total. The summed E-state index contributed by atoms with van der Waals surface area (Å²) in [5, 5.41) is 8.51. The molecule has 1 aromatic heterocycles. The second-order valence-corrected chi connectivity index (χ2v) is 9.79. The third-order valence-corrected chi connectivity index (χ3v) is 5.75. The van der Waals surface area contributed by atoms with Crippen molar-refractivity contribution in [3.8, 4) is 5.75 Å². The first-order valence-corrected chi connectivity index (χ1v) is 12.2. The molecule has 1 heterocycles. The zero-order chi connectivity index (χ0) is 23.1. The lowest BCUT2D eigenvalue weighted by Crippen LogP contribution is -2.49. The largest absolute Gasteiger partial charge is 0.470 e. The van der Waals surface area contributed by atoms with Crippen molar-refractivity contribution in [3.63, 3.8) is 0 Å². The number of nitrogens with zero attached hydrogens (tertiary/aromatic N) is 2. The molecule has 3 rings (SSSR count). The predicted octanol–water partition coefficient (Wildman–Crippen LogP) is 5.82. The van der Waals surface area contributed by atoms with E-state index in [-0.39, 0.29) is 5.91 Å². The summed E-state index contributed by atoms with van der Waals surface area (Å²) in [7, 11) is 0. The van der Waals surface area contributed by atoms with Crippen LogP contribution in [0.5, 0.6) is 5.75 Å². The standard InChI is InChI=1S/C23H23BrClN3O3S/c1-23(2,14-27-30-13-15-4-6-18(25)7-5-15)28-21(29)22(32-3)31-19-8-9-20-16(11-19)10-17(24)12-26-20/h4-12,14,22H,13H2,1-3H3,(H,28,29). The predicted molar refractivity (Wildman–Crippen MR) is 134 cm³/mol. The quantitative estimate of drug-likeness (QED) is 0.212. The zero-order valence-electron chi connectivity index (χ0n) is 17.8. The molecule has 0 radical (unpaired) electrons. The zero-order valence-corrected chi connectivity index (χ0v) is 21.0. The number of carbonyl (C=O) groups is 1. The minimum Gasteiger partial charge on any atom is -0.470 e. The van der Waals surface area contributed by atoms with E-state index in [1.54, 1.807) is 30.6 Å². The minimum absolute atomic E-state index is 0.265. The Bertz CT molecular complexity index is 1110. The molecule has 6 nitrogen and oxygen atoms in total. The van der Waals surface area contributed by atoms with Crippen LogP contribution in [-0.4, -0.2) is 34.3 Å². The number of rotatable bonds is 9. The maximum absolute atomic E-state index is 12.8. The normalized spacial score (nSPS) is 12.7. The number of pyridine rings is 1. The number of thioether (sulfide) groups is 1. The third-order valence-electron chi connectivity index (χ3n) is 4.33. The summed E-state index contributed by atoms with van der Waals surface area (Å²) < 4.78 is 6.81. The molecule has 32 heavy (non-hydrogen) atoms. The van der Waals surface area contributed by atoms with E-state index in [0.717, 1.165) is 20.9 Å². The highest BCUT2D eigenvalue weighted by Crippen LogP contribution is 2.24. The second-order valence-electron chi connectivity index (χ2n) is 7.54. The van der Waals surface area contributed by atoms with Gasteiger partial charge < -0.3 is 14.9 Å². The maximum Gasteiger partial charge on any atom is 0.272 e. The van der Waals surface area contributed by atoms with Crippen molar-refractivity contribution in [2.45, 2.75) is 31.4 Å². The molecule has 0 aliphatic heterocycles. The van der Waals surface area contributed by atoms with Gasteiger partial charge in [0.05, 0.1) is 17.3 Å². The highest BCUT2D eigenvalue weighted by atomic mass is 79.9. The molecule has 168 valence electrons. The van der Waals surface area contributed by atoms with E-state index < -0.39 is 11.0 Å². The lowest BCUT2D eigenvalue weighted by Gasteiger charge is -2.24. The van der Waals surface area contributed by atoms with Crippen molar-refractivity contribution >= 4 is 62.3 Å². The van der Waals surface area contributed by atoms with Gasteiger partial charge in [0, 0.05) is 21.1 Å². The number of ether oxygens (including phenoxy) is 1. The van der Waals surface area contributed by atoms with E-state index in [0.29, 0.717) is 17.4 Å². The fourth-order valence-corrected chi connectivity index (χ4v) is 3.71. The van der Waals surface area contributed by atoms with Crippen LogP contribution in [-0.2, 0) is 16.2 Å². The molecule has 0 spiro atoms. The number of amides is 1. The Morgan fingerprint density at radius 3 is 2.75 bits per heavy atom. The summed E-state index contributed by atoms with van der Waals surface area (Å²) in [6.07, 6.45) is 5.11. The monoisotopic (exact) mass is 535 g/mol. The van der Waals surface area contributed by atoms with Crippen molar-refractivity contribution in [2.75, 3.05) is 6.26 Å². The van der Waals surface area contributed by atoms with Crippen LogP contribution in [0.25, 0.3) is 10.9 Å². The van der Waals surface area contributed by atoms with Crippen molar-refractivity contribution in [2.24, 2.45) is 5.16 Å². The number of hydrogen-bond donors (Lipinski definition) is 1. The van der Waals surface area contributed by atoms with Gasteiger partial charge >= 0.3 is 0 Å². The van der Waals surface area contributed by atoms with Crippen molar-refractivity contribution in [1.29, 1.82) is 0 Å². The summed E-state index contributed by atoms with van der Waals surface area (Å²) in [4.78, 5) is 22.5. The van der Waals surface area contributed by atoms with Crippen molar-refractivity contribution in [3.05, 3.63) is 69.8 Å². The smallest absolute Gasteiger partial charge is 0.272 e. The van der Waals surface area contributed by atoms with Gasteiger partial charge in [0.1, 0.15) is 12.4 Å². The van der Waals surface area contributed by atoms with Gasteiger partial charge in [-0.15, -0.1) is 11.8 Å². The highest BCUT2D eigenvalue weighted by molar-refractivity contribution is 9.10. The van der Waals surface area contributed by atoms with Gasteiger partial charge in [0.25, 0.3) is 5.91 Å². The Morgan fingerprint density at radius 2 is 2.03 bits per heavy atom. The lowest BCUT2D eigenvalue weighted by molar-refractivity contribution is -0.125. The van der Waals surface area contributed by atoms with Gasteiger partial charge in [-0.1, -0.05) is 28.9 Å². The average molecular weight is 537 g/mol. The summed E-state index contributed by atoms with van der Waals surface area (Å²) in [6.45, 7) is 3.97. The molecule has 1 atom stereocenters. The van der Waals surface area contributed by atoms with E-state index in [1.165, 1.54) is 11.8 Å². The fourth-order valence-electron chi connectivity index (χ4n) is 2.76. The molecule has 3 aromatic rings. The van der Waals surface area contributed by atoms with Crippen molar-refractivity contribution < 1.29 is 14.4 Å². The SMILES string of the molecule is CSC(Oc1ccc2ncc(Br)cc2c1)C(=O)NC(C)(C)C=NOCc1ccc(Cl)cc1. The Labute approximate surface area is 204 Å². The Morgan fingerprint density at radius 1 is 1.28 bits per heavy atom. The van der Waals surface area contributed by atoms with E-state index in [2.05, 4.69) is 31.4 Å². The van der Waals surface area contributed by atoms with Crippen LogP contribution in [0.2, 0.25) is 5.02 Å². The van der Waals surface area contributed by atoms with Crippen LogP contribution in [0.4, 0.5) is 0 Å². The first kappa shape index (κ1) is 24.4. The lowest BCUT2D eigenvalue weighted by atomic mass is 10.1. The van der Waals surface area contributed by atoms with E-state index in [4.69, 9.17) is 21.2 Å². The van der Waals surface area contributed by atoms with Gasteiger partial charge in [-0.25, -0.2) is 0 Å². The average Bonchev–Trinajstić information content (AvgIpc) is 2.75. The number of nitrogens with one attached hydrogen (secondary N) is 1. The maximum atomic E-state index is 12.8. The van der Waals surface area contributed by atoms with Crippen LogP contribution in [0, 0.1) is 0 Å². The van der Waals surface area contributed by atoms with Gasteiger partial charge in [-0.3, -0.25) is 9.78 Å². The first-order valence-electron chi connectivity index (χ1n) is 9.73. The Kier molecular flexibility index (Phi) is 8.39. The van der Waals surface area contributed by atoms with Gasteiger partial charge in [-0.2, -0.15) is 0 Å². The molecule has 0 fully saturated rings. The van der Waals surface area contributed by atoms with Gasteiger partial charge in [0.15, 0.2) is 0 Å². The summed E-state index contributed by atoms with van der Waals surface area (Å²) in [5.74, 6) is 0.323. The van der Waals surface area contributed by atoms with Crippen LogP contribution in [0.1, 0.15) is 19.4 Å². The summed E-state index contributed by atoms with van der Waals surface area (Å²) in [6, 6.07) is 14.8. The molecule has 0 saturated carbocycles. The number of halogens is 2. The van der Waals surface area contributed by atoms with E-state index in [1.807, 2.05) is 50.4 Å². The molecule has 1 unspecified atom stereocenters. The Hall–Kier alpha value is -2.29. The van der Waals surface area contributed by atoms with Crippen LogP contribution < -0.4 is 10.1 Å². The summed E-state index contributed by atoms with van der Waals surface area (Å²) in [5.41, 5.74) is 0.339. The summed E-state index contributed by atoms with van der Waals surface area (Å²) >= 11 is 10.6. The molecule has 0 saturated heterocycles. The molecular weight excluding hydrogens is 514 g/mol. The molecule has 2 aromatic carbocycles. The number of carbonyl (C=O) groups excluding carboxylic acids is 1. The Balaban J connectivity index is 1.57. The number of oxime groups is 1. The van der Waals surface area contributed by atoms with E-state index in [9.17, 15) is 4.79 Å². The van der Waals surface area contributed by atoms with Crippen molar-refractivity contribution in [1.82, 2.24) is 10.3 Å². The van der Waals surface area contributed by atoms with Crippen LogP contribution >= 0.6 is 39.3 Å². The fraction of sp³-hybridized carbons (Fsp3) is 0.261. The van der Waals surface area contributed by atoms with E-state index >= 15 is 0 Å². The van der Waals surface area contributed by atoms with Crippen LogP contribution in [0.15, 0.2) is 64.4 Å². The molecule has 9 heteroatoms. The number of fused-ring (bicyclic) bond motifs is 1. The molecular formula is C23H23BrClN3O3S. The first-order chi connectivity index (χ1) is 15.3. The molecule has 1 amide bonds. The molecule has 0 aliphatic carbocycles. The number of hydrogen-bond acceptors (Lipinski definition) is 6. The number of benzene rings is 2. The minimum atomic E-state index is -0.730. The van der Waals surface area contributed by atoms with Crippen LogP contribution in [0.3, 0.4) is 0 Å². The van der Waals surface area contributed by atoms with Gasteiger partial charge in [-0.05, 0) is 78.0 Å². The second kappa shape index (κ2) is 11.0. The highest BCUT2D eigenvalue weighted by Gasteiger charge is 2.26. The molecule has 0 bridgehead atoms. The van der Waals surface area contributed by atoms with Gasteiger partial charge in [0.2, 0.25) is 5.44 Å². The molecule has 0 aliphatic rings.